The number of halogens is 1. The first-order valence-electron chi connectivity index (χ1n) is 5.96. The fraction of sp³-hybridized carbons (Fsp3) is 0.462. The van der Waals surface area contributed by atoms with Gasteiger partial charge < -0.3 is 5.73 Å². The Bertz CT molecular complexity index is 380. The van der Waals surface area contributed by atoms with Crippen LogP contribution in [-0.2, 0) is 6.54 Å². The molecule has 17 heavy (non-hydrogen) atoms. The molecule has 1 aromatic carbocycles. The molecule has 0 amide bonds. The zero-order valence-corrected chi connectivity index (χ0v) is 12.0. The van der Waals surface area contributed by atoms with Gasteiger partial charge in [0.15, 0.2) is 0 Å². The maximum Gasteiger partial charge on any atom is 0.0937 e. The van der Waals surface area contributed by atoms with Crippen LogP contribution in [0.1, 0.15) is 18.4 Å². The molecule has 0 aromatic heterocycles. The predicted octanol–water partition coefficient (Wildman–Crippen LogP) is 2.44. The van der Waals surface area contributed by atoms with E-state index in [0.29, 0.717) is 11.8 Å². The summed E-state index contributed by atoms with van der Waals surface area (Å²) in [7, 11) is 0. The number of amidine groups is 1. The quantitative estimate of drug-likeness (QED) is 0.503. The van der Waals surface area contributed by atoms with Crippen LogP contribution < -0.4 is 5.73 Å². The average Bonchev–Trinajstić information content (AvgIpc) is 2.33. The van der Waals surface area contributed by atoms with Gasteiger partial charge in [0.1, 0.15) is 0 Å². The van der Waals surface area contributed by atoms with E-state index >= 15 is 0 Å². The van der Waals surface area contributed by atoms with E-state index in [0.717, 1.165) is 32.5 Å². The maximum atomic E-state index is 7.46. The Morgan fingerprint density at radius 2 is 1.88 bits per heavy atom. The third-order valence-corrected chi connectivity index (χ3v) is 4.07. The zero-order chi connectivity index (χ0) is 12.3. The lowest BCUT2D eigenvalue weighted by atomic mass is 9.95. The third kappa shape index (κ3) is 3.67. The molecule has 0 atom stereocenters. The van der Waals surface area contributed by atoms with Crippen molar-refractivity contribution in [3.05, 3.63) is 33.4 Å². The molecule has 0 spiro atoms. The Morgan fingerprint density at radius 1 is 1.29 bits per heavy atom. The molecular weight excluding hydrogens is 325 g/mol. The molecule has 1 saturated heterocycles. The minimum absolute atomic E-state index is 0.308. The molecule has 3 N–H and O–H groups in total. The van der Waals surface area contributed by atoms with Crippen molar-refractivity contribution < 1.29 is 0 Å². The summed E-state index contributed by atoms with van der Waals surface area (Å²) < 4.78 is 1.28. The van der Waals surface area contributed by atoms with Crippen molar-refractivity contribution >= 4 is 28.4 Å². The Kier molecular flexibility index (Phi) is 4.39. The van der Waals surface area contributed by atoms with Crippen molar-refractivity contribution in [3.8, 4) is 0 Å². The second-order valence-electron chi connectivity index (χ2n) is 4.63. The first-order valence-corrected chi connectivity index (χ1v) is 7.04. The molecular formula is C13H18IN3. The summed E-state index contributed by atoms with van der Waals surface area (Å²) in [6, 6.07) is 8.69. The van der Waals surface area contributed by atoms with Crippen LogP contribution in [0.3, 0.4) is 0 Å². The molecule has 0 radical (unpaired) electrons. The van der Waals surface area contributed by atoms with Crippen molar-refractivity contribution in [2.24, 2.45) is 11.7 Å². The summed E-state index contributed by atoms with van der Waals surface area (Å²) in [5, 5.41) is 7.46. The van der Waals surface area contributed by atoms with Crippen LogP contribution in [0.25, 0.3) is 0 Å². The molecule has 1 aliphatic rings. The van der Waals surface area contributed by atoms with Crippen LogP contribution >= 0.6 is 22.6 Å². The van der Waals surface area contributed by atoms with Gasteiger partial charge in [0.05, 0.1) is 5.84 Å². The standard InChI is InChI=1S/C13H18IN3/c14-12-3-1-10(2-4-12)9-17-7-5-11(6-8-17)13(15)16/h1-4,11H,5-9H2,(H3,15,16). The van der Waals surface area contributed by atoms with Gasteiger partial charge in [-0.15, -0.1) is 0 Å². The summed E-state index contributed by atoms with van der Waals surface area (Å²) in [5.74, 6) is 0.668. The highest BCUT2D eigenvalue weighted by Gasteiger charge is 2.20. The minimum atomic E-state index is 0.308. The molecule has 1 fully saturated rings. The van der Waals surface area contributed by atoms with Gasteiger partial charge in [0.25, 0.3) is 0 Å². The Labute approximate surface area is 116 Å². The first-order chi connectivity index (χ1) is 8.15. The normalized spacial score (nSPS) is 18.2. The van der Waals surface area contributed by atoms with Gasteiger partial charge in [-0.05, 0) is 66.2 Å². The Balaban J connectivity index is 1.85. The maximum absolute atomic E-state index is 7.46. The van der Waals surface area contributed by atoms with Crippen molar-refractivity contribution in [1.82, 2.24) is 4.90 Å². The fourth-order valence-corrected chi connectivity index (χ4v) is 2.61. The zero-order valence-electron chi connectivity index (χ0n) is 9.82. The SMILES string of the molecule is N=C(N)C1CCN(Cc2ccc(I)cc2)CC1. The van der Waals surface area contributed by atoms with Gasteiger partial charge in [0.2, 0.25) is 0 Å². The topological polar surface area (TPSA) is 53.1 Å². The van der Waals surface area contributed by atoms with Gasteiger partial charge >= 0.3 is 0 Å². The molecule has 1 aliphatic heterocycles. The molecule has 0 unspecified atom stereocenters. The lowest BCUT2D eigenvalue weighted by Crippen LogP contribution is -2.37. The van der Waals surface area contributed by atoms with E-state index in [1.165, 1.54) is 9.13 Å². The average molecular weight is 343 g/mol. The number of hydrogen-bond acceptors (Lipinski definition) is 2. The van der Waals surface area contributed by atoms with Crippen LogP contribution in [0.2, 0.25) is 0 Å². The van der Waals surface area contributed by atoms with Crippen molar-refractivity contribution in [3.63, 3.8) is 0 Å². The number of nitrogens with two attached hydrogens (primary N) is 1. The van der Waals surface area contributed by atoms with Crippen LogP contribution in [0.5, 0.6) is 0 Å². The largest absolute Gasteiger partial charge is 0.387 e. The molecule has 92 valence electrons. The molecule has 0 bridgehead atoms. The second-order valence-corrected chi connectivity index (χ2v) is 5.88. The smallest absolute Gasteiger partial charge is 0.0937 e. The molecule has 1 heterocycles. The lowest BCUT2D eigenvalue weighted by Gasteiger charge is -2.31. The highest BCUT2D eigenvalue weighted by Crippen LogP contribution is 2.19. The number of benzene rings is 1. The first kappa shape index (κ1) is 12.8. The van der Waals surface area contributed by atoms with Gasteiger partial charge in [-0.3, -0.25) is 10.3 Å². The van der Waals surface area contributed by atoms with Crippen LogP contribution in [0.15, 0.2) is 24.3 Å². The van der Waals surface area contributed by atoms with Gasteiger partial charge in [-0.1, -0.05) is 12.1 Å². The highest BCUT2D eigenvalue weighted by molar-refractivity contribution is 14.1. The lowest BCUT2D eigenvalue weighted by molar-refractivity contribution is 0.201. The van der Waals surface area contributed by atoms with Crippen LogP contribution in [0.4, 0.5) is 0 Å². The third-order valence-electron chi connectivity index (χ3n) is 3.35. The fourth-order valence-electron chi connectivity index (χ4n) is 2.25. The van der Waals surface area contributed by atoms with E-state index in [1.54, 1.807) is 0 Å². The monoisotopic (exact) mass is 343 g/mol. The van der Waals surface area contributed by atoms with Crippen LogP contribution in [-0.4, -0.2) is 23.8 Å². The van der Waals surface area contributed by atoms with Gasteiger partial charge in [-0.2, -0.15) is 0 Å². The highest BCUT2D eigenvalue weighted by atomic mass is 127. The summed E-state index contributed by atoms with van der Waals surface area (Å²) >= 11 is 2.33. The molecule has 1 aromatic rings. The molecule has 2 rings (SSSR count). The van der Waals surface area contributed by atoms with E-state index in [2.05, 4.69) is 51.8 Å². The van der Waals surface area contributed by atoms with Crippen molar-refractivity contribution in [2.45, 2.75) is 19.4 Å². The van der Waals surface area contributed by atoms with E-state index in [1.807, 2.05) is 0 Å². The number of nitrogens with one attached hydrogen (secondary N) is 1. The molecule has 0 saturated carbocycles. The Morgan fingerprint density at radius 3 is 2.41 bits per heavy atom. The predicted molar refractivity (Wildman–Crippen MR) is 79.1 cm³/mol. The Hall–Kier alpha value is -0.620. The van der Waals surface area contributed by atoms with E-state index in [-0.39, 0.29) is 0 Å². The van der Waals surface area contributed by atoms with Crippen LogP contribution in [0, 0.1) is 14.9 Å². The number of nitrogens with zero attached hydrogens (tertiary/aromatic N) is 1. The number of piperidine rings is 1. The summed E-state index contributed by atoms with van der Waals surface area (Å²) in [5.41, 5.74) is 6.91. The van der Waals surface area contributed by atoms with Crippen molar-refractivity contribution in [1.29, 1.82) is 5.41 Å². The number of hydrogen-bond donors (Lipinski definition) is 2. The van der Waals surface area contributed by atoms with E-state index in [4.69, 9.17) is 11.1 Å². The summed E-state index contributed by atoms with van der Waals surface area (Å²) in [4.78, 5) is 2.45. The van der Waals surface area contributed by atoms with Crippen molar-refractivity contribution in [2.75, 3.05) is 13.1 Å². The van der Waals surface area contributed by atoms with E-state index < -0.39 is 0 Å². The van der Waals surface area contributed by atoms with Gasteiger partial charge in [0, 0.05) is 16.0 Å². The number of likely N-dealkylation sites (tertiary alicyclic amines) is 1. The summed E-state index contributed by atoms with van der Waals surface area (Å²) in [6.07, 6.45) is 2.05. The molecule has 3 nitrogen and oxygen atoms in total. The molecule has 4 heteroatoms. The summed E-state index contributed by atoms with van der Waals surface area (Å²) in [6.45, 7) is 3.12. The number of rotatable bonds is 3. The van der Waals surface area contributed by atoms with E-state index in [9.17, 15) is 0 Å². The van der Waals surface area contributed by atoms with Gasteiger partial charge in [-0.25, -0.2) is 0 Å². The second kappa shape index (κ2) is 5.82. The minimum Gasteiger partial charge on any atom is -0.387 e. The molecule has 0 aliphatic carbocycles.